The Hall–Kier alpha value is -3.39. The van der Waals surface area contributed by atoms with Gasteiger partial charge < -0.3 is 9.47 Å². The number of aliphatic imine (C=N–C) groups is 1. The van der Waals surface area contributed by atoms with E-state index in [0.717, 1.165) is 24.3 Å². The van der Waals surface area contributed by atoms with Gasteiger partial charge in [-0.2, -0.15) is 5.26 Å². The van der Waals surface area contributed by atoms with Crippen molar-refractivity contribution in [2.24, 2.45) is 16.8 Å². The van der Waals surface area contributed by atoms with Crippen LogP contribution in [0.4, 0.5) is 5.69 Å². The second-order valence-electron chi connectivity index (χ2n) is 9.20. The van der Waals surface area contributed by atoms with Crippen LogP contribution in [0.5, 0.6) is 11.5 Å². The minimum absolute atomic E-state index is 0.187. The monoisotopic (exact) mass is 472 g/mol. The van der Waals surface area contributed by atoms with Crippen LogP contribution in [0.15, 0.2) is 47.5 Å². The number of esters is 1. The summed E-state index contributed by atoms with van der Waals surface area (Å²) in [5.74, 6) is 1.63. The average molecular weight is 473 g/mol. The fourth-order valence-corrected chi connectivity index (χ4v) is 4.56. The topological polar surface area (TPSA) is 71.7 Å². The van der Waals surface area contributed by atoms with Crippen molar-refractivity contribution >= 4 is 24.5 Å². The van der Waals surface area contributed by atoms with E-state index in [1.54, 1.807) is 24.3 Å². The quantitative estimate of drug-likeness (QED) is 0.144. The molecule has 0 radical (unpaired) electrons. The lowest BCUT2D eigenvalue weighted by Crippen LogP contribution is -2.12. The van der Waals surface area contributed by atoms with Crippen molar-refractivity contribution in [3.8, 4) is 17.6 Å². The smallest absolute Gasteiger partial charge is 0.343 e. The van der Waals surface area contributed by atoms with E-state index < -0.39 is 5.97 Å². The lowest BCUT2D eigenvalue weighted by molar-refractivity contribution is 0.0735. The lowest BCUT2D eigenvalue weighted by atomic mass is 9.80. The number of rotatable bonds is 11. The van der Waals surface area contributed by atoms with Gasteiger partial charge in [-0.15, -0.1) is 0 Å². The van der Waals surface area contributed by atoms with Crippen molar-refractivity contribution < 1.29 is 14.3 Å². The van der Waals surface area contributed by atoms with Crippen molar-refractivity contribution in [2.75, 3.05) is 6.61 Å². The van der Waals surface area contributed by atoms with Gasteiger partial charge >= 0.3 is 5.97 Å². The molecule has 1 saturated carbocycles. The van der Waals surface area contributed by atoms with Crippen molar-refractivity contribution in [2.45, 2.75) is 65.2 Å². The Morgan fingerprint density at radius 1 is 1.09 bits per heavy atom. The maximum atomic E-state index is 12.8. The van der Waals surface area contributed by atoms with Gasteiger partial charge in [-0.3, -0.25) is 4.99 Å². The van der Waals surface area contributed by atoms with Gasteiger partial charge in [0.2, 0.25) is 0 Å². The number of nitrogens with zero attached hydrogens (tertiary/aromatic N) is 2. The zero-order chi connectivity index (χ0) is 25.0. The van der Waals surface area contributed by atoms with Crippen molar-refractivity contribution in [3.63, 3.8) is 0 Å². The Labute approximate surface area is 209 Å². The summed E-state index contributed by atoms with van der Waals surface area (Å²) in [5.41, 5.74) is 1.92. The summed E-state index contributed by atoms with van der Waals surface area (Å²) in [6.45, 7) is 8.38. The third-order valence-corrected chi connectivity index (χ3v) is 6.63. The largest absolute Gasteiger partial charge is 0.492 e. The number of allylic oxidation sites excluding steroid dienone is 1. The first-order valence-electron chi connectivity index (χ1n) is 12.8. The first kappa shape index (κ1) is 26.2. The summed E-state index contributed by atoms with van der Waals surface area (Å²) in [5, 5.41) is 9.61. The number of benzene rings is 2. The summed E-state index contributed by atoms with van der Waals surface area (Å²) < 4.78 is 11.3. The van der Waals surface area contributed by atoms with Gasteiger partial charge in [0.1, 0.15) is 23.1 Å². The van der Waals surface area contributed by atoms with Crippen molar-refractivity contribution in [3.05, 3.63) is 59.2 Å². The maximum Gasteiger partial charge on any atom is 0.343 e. The van der Waals surface area contributed by atoms with Crippen molar-refractivity contribution in [1.82, 2.24) is 0 Å². The number of carbonyl (C=O) groups excluding carboxylic acids is 1. The molecule has 0 aromatic heterocycles. The molecule has 0 bridgehead atoms. The average Bonchev–Trinajstić information content (AvgIpc) is 2.89. The SMILES string of the molecule is C=Nc1c(OC(=O)c2ccc(/C=C/C3CCC(CCC)CC3)cc2)ccc(OCCCC)c1C#N. The highest BCUT2D eigenvalue weighted by molar-refractivity contribution is 5.92. The van der Waals surface area contributed by atoms with Gasteiger partial charge in [0.15, 0.2) is 5.75 Å². The highest BCUT2D eigenvalue weighted by Gasteiger charge is 2.19. The number of hydrogen-bond donors (Lipinski definition) is 0. The van der Waals surface area contributed by atoms with Gasteiger partial charge in [-0.05, 0) is 80.5 Å². The third-order valence-electron chi connectivity index (χ3n) is 6.63. The molecule has 2 aromatic carbocycles. The Morgan fingerprint density at radius 2 is 1.80 bits per heavy atom. The molecule has 1 aliphatic carbocycles. The van der Waals surface area contributed by atoms with Crippen LogP contribution >= 0.6 is 0 Å². The van der Waals surface area contributed by atoms with Crippen LogP contribution in [0, 0.1) is 23.2 Å². The summed E-state index contributed by atoms with van der Waals surface area (Å²) in [6, 6.07) is 12.7. The minimum atomic E-state index is -0.511. The Morgan fingerprint density at radius 3 is 2.43 bits per heavy atom. The number of hydrogen-bond acceptors (Lipinski definition) is 5. The Bertz CT molecular complexity index is 1060. The molecule has 1 aliphatic rings. The molecule has 35 heavy (non-hydrogen) atoms. The fourth-order valence-electron chi connectivity index (χ4n) is 4.56. The predicted molar refractivity (Wildman–Crippen MR) is 142 cm³/mol. The second kappa shape index (κ2) is 13.5. The standard InChI is InChI=1S/C30H36N2O3/c1-4-6-20-34-27-18-19-28(29(32-3)26(27)21-31)35-30(33)25-16-14-24(15-17-25)13-12-23-10-8-22(7-5-2)9-11-23/h12-19,22-23H,3-11,20H2,1-2H3/b13-12+. The van der Waals surface area contributed by atoms with Gasteiger partial charge in [0, 0.05) is 0 Å². The summed E-state index contributed by atoms with van der Waals surface area (Å²) in [7, 11) is 0. The summed E-state index contributed by atoms with van der Waals surface area (Å²) in [4.78, 5) is 16.7. The summed E-state index contributed by atoms with van der Waals surface area (Å²) >= 11 is 0. The van der Waals surface area contributed by atoms with Crippen LogP contribution in [-0.4, -0.2) is 19.3 Å². The molecule has 0 heterocycles. The van der Waals surface area contributed by atoms with E-state index in [-0.39, 0.29) is 17.0 Å². The third kappa shape index (κ3) is 7.29. The van der Waals surface area contributed by atoms with Crippen LogP contribution in [0.1, 0.15) is 86.7 Å². The molecule has 0 spiro atoms. The first-order valence-corrected chi connectivity index (χ1v) is 12.8. The minimum Gasteiger partial charge on any atom is -0.492 e. The molecular formula is C30H36N2O3. The lowest BCUT2D eigenvalue weighted by Gasteiger charge is -2.26. The zero-order valence-electron chi connectivity index (χ0n) is 21.0. The van der Waals surface area contributed by atoms with Crippen LogP contribution in [-0.2, 0) is 0 Å². The number of nitriles is 1. The molecule has 0 atom stereocenters. The van der Waals surface area contributed by atoms with E-state index in [1.807, 2.05) is 12.1 Å². The Kier molecular flexibility index (Phi) is 10.1. The molecule has 0 aliphatic heterocycles. The van der Waals surface area contributed by atoms with E-state index in [1.165, 1.54) is 38.5 Å². The highest BCUT2D eigenvalue weighted by atomic mass is 16.5. The van der Waals surface area contributed by atoms with E-state index >= 15 is 0 Å². The molecule has 0 saturated heterocycles. The van der Waals surface area contributed by atoms with E-state index in [0.29, 0.717) is 23.8 Å². The first-order chi connectivity index (χ1) is 17.1. The zero-order valence-corrected chi connectivity index (χ0v) is 21.0. The predicted octanol–water partition coefficient (Wildman–Crippen LogP) is 7.91. The van der Waals surface area contributed by atoms with Crippen molar-refractivity contribution in [1.29, 1.82) is 5.26 Å². The van der Waals surface area contributed by atoms with Gasteiger partial charge in [-0.1, -0.05) is 57.4 Å². The molecule has 2 aromatic rings. The highest BCUT2D eigenvalue weighted by Crippen LogP contribution is 2.37. The molecule has 1 fully saturated rings. The number of unbranched alkanes of at least 4 members (excludes halogenated alkanes) is 1. The van der Waals surface area contributed by atoms with E-state index in [9.17, 15) is 10.1 Å². The van der Waals surface area contributed by atoms with E-state index in [4.69, 9.17) is 9.47 Å². The van der Waals surface area contributed by atoms with E-state index in [2.05, 4.69) is 43.8 Å². The van der Waals surface area contributed by atoms with Crippen LogP contribution < -0.4 is 9.47 Å². The molecule has 184 valence electrons. The van der Waals surface area contributed by atoms with Gasteiger partial charge in [-0.25, -0.2) is 4.79 Å². The normalized spacial score (nSPS) is 17.6. The van der Waals surface area contributed by atoms with Crippen LogP contribution in [0.3, 0.4) is 0 Å². The molecule has 5 nitrogen and oxygen atoms in total. The molecule has 0 N–H and O–H groups in total. The fraction of sp³-hybridized carbons (Fsp3) is 0.433. The Balaban J connectivity index is 1.63. The molecule has 5 heteroatoms. The summed E-state index contributed by atoms with van der Waals surface area (Å²) in [6.07, 6.45) is 14.1. The number of ether oxygens (including phenoxy) is 2. The number of carbonyl (C=O) groups is 1. The van der Waals surface area contributed by atoms with Crippen LogP contribution in [0.25, 0.3) is 6.08 Å². The maximum absolute atomic E-state index is 12.8. The molecular weight excluding hydrogens is 436 g/mol. The molecule has 0 unspecified atom stereocenters. The second-order valence-corrected chi connectivity index (χ2v) is 9.20. The molecule has 0 amide bonds. The molecule has 3 rings (SSSR count). The van der Waals surface area contributed by atoms with Crippen LogP contribution in [0.2, 0.25) is 0 Å². The van der Waals surface area contributed by atoms with Gasteiger partial charge in [0.25, 0.3) is 0 Å². The van der Waals surface area contributed by atoms with Gasteiger partial charge in [0.05, 0.1) is 12.2 Å².